The number of hydrogen-bond donors (Lipinski definition) is 0. The minimum Gasteiger partial charge on any atom is -0.152 e. The van der Waals surface area contributed by atoms with Crippen molar-refractivity contribution in [1.29, 1.82) is 0 Å². The van der Waals surface area contributed by atoms with Crippen LogP contribution in [-0.2, 0) is 0 Å². The van der Waals surface area contributed by atoms with E-state index in [4.69, 9.17) is 0 Å². The van der Waals surface area contributed by atoms with Crippen molar-refractivity contribution >= 4 is 11.3 Å². The van der Waals surface area contributed by atoms with Crippen molar-refractivity contribution in [2.24, 2.45) is 0 Å². The smallest absolute Gasteiger partial charge is 0.00583 e. The lowest BCUT2D eigenvalue weighted by molar-refractivity contribution is 0.886. The molecule has 1 radical (unpaired) electrons. The van der Waals surface area contributed by atoms with E-state index in [0.717, 1.165) is 0 Å². The van der Waals surface area contributed by atoms with E-state index in [-0.39, 0.29) is 0 Å². The summed E-state index contributed by atoms with van der Waals surface area (Å²) in [5.41, 5.74) is 1.50. The Morgan fingerprint density at radius 2 is 2.00 bits per heavy atom. The highest BCUT2D eigenvalue weighted by Crippen LogP contribution is 2.33. The SMILES string of the molecule is c1cc([C]2CCCC2)cs1. The highest BCUT2D eigenvalue weighted by Gasteiger charge is 2.17. The average Bonchev–Trinajstić information content (AvgIpc) is 2.59. The molecule has 1 saturated carbocycles. The lowest BCUT2D eigenvalue weighted by Crippen LogP contribution is -1.88. The van der Waals surface area contributed by atoms with Crippen molar-refractivity contribution in [3.8, 4) is 0 Å². The number of rotatable bonds is 1. The number of hydrogen-bond acceptors (Lipinski definition) is 1. The Bertz CT molecular complexity index is 183. The van der Waals surface area contributed by atoms with Crippen LogP contribution >= 0.6 is 11.3 Å². The molecule has 1 heteroatoms. The Morgan fingerprint density at radius 3 is 2.60 bits per heavy atom. The molecule has 1 aliphatic carbocycles. The fourth-order valence-electron chi connectivity index (χ4n) is 1.56. The molecule has 0 saturated heterocycles. The summed E-state index contributed by atoms with van der Waals surface area (Å²) in [7, 11) is 0. The van der Waals surface area contributed by atoms with Crippen LogP contribution in [0.15, 0.2) is 16.8 Å². The largest absolute Gasteiger partial charge is 0.152 e. The van der Waals surface area contributed by atoms with Gasteiger partial charge in [0.1, 0.15) is 0 Å². The Morgan fingerprint density at radius 1 is 1.20 bits per heavy atom. The second kappa shape index (κ2) is 2.75. The molecular formula is C9H11S. The van der Waals surface area contributed by atoms with Crippen LogP contribution in [0.2, 0.25) is 0 Å². The maximum Gasteiger partial charge on any atom is 0.00583 e. The van der Waals surface area contributed by atoms with Crippen LogP contribution in [0.3, 0.4) is 0 Å². The maximum atomic E-state index is 2.26. The molecular weight excluding hydrogens is 140 g/mol. The Hall–Kier alpha value is -0.300. The summed E-state index contributed by atoms with van der Waals surface area (Å²) < 4.78 is 0. The van der Waals surface area contributed by atoms with Crippen LogP contribution in [-0.4, -0.2) is 0 Å². The third-order valence-electron chi connectivity index (χ3n) is 2.14. The standard InChI is InChI=1S/C9H11S/c1-2-4-8(3-1)9-5-6-10-7-9/h5-7H,1-4H2. The first-order valence-corrected chi connectivity index (χ1v) is 4.78. The Kier molecular flexibility index (Phi) is 1.76. The second-order valence-corrected chi connectivity index (χ2v) is 3.60. The summed E-state index contributed by atoms with van der Waals surface area (Å²) in [5, 5.41) is 4.43. The molecule has 0 N–H and O–H groups in total. The van der Waals surface area contributed by atoms with Crippen molar-refractivity contribution < 1.29 is 0 Å². The van der Waals surface area contributed by atoms with E-state index < -0.39 is 0 Å². The molecule has 0 aromatic carbocycles. The van der Waals surface area contributed by atoms with Crippen molar-refractivity contribution in [1.82, 2.24) is 0 Å². The van der Waals surface area contributed by atoms with E-state index in [0.29, 0.717) is 0 Å². The lowest BCUT2D eigenvalue weighted by Gasteiger charge is -2.02. The molecule has 10 heavy (non-hydrogen) atoms. The second-order valence-electron chi connectivity index (χ2n) is 2.82. The van der Waals surface area contributed by atoms with Gasteiger partial charge in [0.15, 0.2) is 0 Å². The molecule has 0 amide bonds. The third kappa shape index (κ3) is 1.10. The molecule has 1 aromatic rings. The van der Waals surface area contributed by atoms with Crippen molar-refractivity contribution in [2.45, 2.75) is 25.7 Å². The summed E-state index contributed by atoms with van der Waals surface area (Å²) in [4.78, 5) is 0. The zero-order chi connectivity index (χ0) is 6.81. The van der Waals surface area contributed by atoms with Crippen LogP contribution in [0, 0.1) is 5.92 Å². The average molecular weight is 151 g/mol. The Balaban J connectivity index is 2.12. The molecule has 1 aromatic heterocycles. The summed E-state index contributed by atoms with van der Waals surface area (Å²) in [6, 6.07) is 2.24. The van der Waals surface area contributed by atoms with E-state index in [9.17, 15) is 0 Å². The van der Waals surface area contributed by atoms with Gasteiger partial charge in [-0.2, -0.15) is 11.3 Å². The number of thiophene rings is 1. The molecule has 1 aliphatic rings. The summed E-state index contributed by atoms with van der Waals surface area (Å²) in [6.07, 6.45) is 5.50. The van der Waals surface area contributed by atoms with Crippen LogP contribution in [0.1, 0.15) is 31.2 Å². The molecule has 0 nitrogen and oxygen atoms in total. The van der Waals surface area contributed by atoms with Gasteiger partial charge in [0.25, 0.3) is 0 Å². The highest BCUT2D eigenvalue weighted by molar-refractivity contribution is 7.08. The molecule has 0 atom stereocenters. The zero-order valence-electron chi connectivity index (χ0n) is 5.97. The van der Waals surface area contributed by atoms with E-state index in [2.05, 4.69) is 16.8 Å². The topological polar surface area (TPSA) is 0 Å². The van der Waals surface area contributed by atoms with Gasteiger partial charge >= 0.3 is 0 Å². The van der Waals surface area contributed by atoms with E-state index >= 15 is 0 Å². The highest BCUT2D eigenvalue weighted by atomic mass is 32.1. The van der Waals surface area contributed by atoms with Gasteiger partial charge in [-0.1, -0.05) is 12.8 Å². The van der Waals surface area contributed by atoms with Gasteiger partial charge in [-0.05, 0) is 35.2 Å². The predicted octanol–water partition coefficient (Wildman–Crippen LogP) is 3.24. The van der Waals surface area contributed by atoms with Crippen molar-refractivity contribution in [2.75, 3.05) is 0 Å². The lowest BCUT2D eigenvalue weighted by atomic mass is 10.0. The minimum absolute atomic E-state index is 1.34. The monoisotopic (exact) mass is 151 g/mol. The fraction of sp³-hybridized carbons (Fsp3) is 0.444. The normalized spacial score (nSPS) is 20.0. The van der Waals surface area contributed by atoms with E-state index in [1.54, 1.807) is 17.3 Å². The molecule has 0 aliphatic heterocycles. The van der Waals surface area contributed by atoms with Gasteiger partial charge in [0.2, 0.25) is 0 Å². The zero-order valence-corrected chi connectivity index (χ0v) is 6.79. The minimum atomic E-state index is 1.34. The third-order valence-corrected chi connectivity index (χ3v) is 2.82. The summed E-state index contributed by atoms with van der Waals surface area (Å²) in [5.74, 6) is 1.68. The van der Waals surface area contributed by atoms with Crippen LogP contribution < -0.4 is 0 Å². The maximum absolute atomic E-state index is 2.26. The Labute approximate surface area is 65.9 Å². The van der Waals surface area contributed by atoms with Crippen LogP contribution in [0.25, 0.3) is 0 Å². The molecule has 0 bridgehead atoms. The van der Waals surface area contributed by atoms with Crippen LogP contribution in [0.5, 0.6) is 0 Å². The van der Waals surface area contributed by atoms with Gasteiger partial charge in [0.05, 0.1) is 0 Å². The summed E-state index contributed by atoms with van der Waals surface area (Å²) >= 11 is 1.81. The molecule has 1 fully saturated rings. The predicted molar refractivity (Wildman–Crippen MR) is 45.1 cm³/mol. The van der Waals surface area contributed by atoms with Gasteiger partial charge in [0, 0.05) is 5.92 Å². The summed E-state index contributed by atoms with van der Waals surface area (Å²) in [6.45, 7) is 0. The van der Waals surface area contributed by atoms with E-state index in [1.807, 2.05) is 0 Å². The first kappa shape index (κ1) is 6.41. The van der Waals surface area contributed by atoms with Crippen molar-refractivity contribution in [3.63, 3.8) is 0 Å². The molecule has 0 spiro atoms. The van der Waals surface area contributed by atoms with Crippen LogP contribution in [0.4, 0.5) is 0 Å². The molecule has 1 heterocycles. The van der Waals surface area contributed by atoms with Gasteiger partial charge in [-0.3, -0.25) is 0 Å². The molecule has 53 valence electrons. The molecule has 2 rings (SSSR count). The van der Waals surface area contributed by atoms with Gasteiger partial charge in [-0.15, -0.1) is 0 Å². The van der Waals surface area contributed by atoms with Crippen molar-refractivity contribution in [3.05, 3.63) is 28.3 Å². The quantitative estimate of drug-likeness (QED) is 0.578. The fourth-order valence-corrected chi connectivity index (χ4v) is 2.25. The van der Waals surface area contributed by atoms with Gasteiger partial charge < -0.3 is 0 Å². The van der Waals surface area contributed by atoms with Gasteiger partial charge in [-0.25, -0.2) is 0 Å². The van der Waals surface area contributed by atoms with E-state index in [1.165, 1.54) is 31.2 Å². The first-order chi connectivity index (χ1) is 4.97. The first-order valence-electron chi connectivity index (χ1n) is 3.84. The molecule has 0 unspecified atom stereocenters.